The van der Waals surface area contributed by atoms with Crippen molar-refractivity contribution in [2.24, 2.45) is 5.41 Å². The van der Waals surface area contributed by atoms with Gasteiger partial charge in [-0.3, -0.25) is 0 Å². The molecule has 94 valence electrons. The van der Waals surface area contributed by atoms with Gasteiger partial charge in [0.25, 0.3) is 0 Å². The lowest BCUT2D eigenvalue weighted by molar-refractivity contribution is 0.391. The van der Waals surface area contributed by atoms with E-state index in [1.165, 1.54) is 12.0 Å². The van der Waals surface area contributed by atoms with Gasteiger partial charge < -0.3 is 5.32 Å². The predicted octanol–water partition coefficient (Wildman–Crippen LogP) is 4.66. The molecule has 1 atom stereocenters. The second-order valence-corrected chi connectivity index (χ2v) is 5.84. The molecule has 0 aromatic rings. The molecule has 16 heavy (non-hydrogen) atoms. The summed E-state index contributed by atoms with van der Waals surface area (Å²) in [5.74, 6) is 0. The zero-order valence-electron chi connectivity index (χ0n) is 11.8. The SMILES string of the molecule is C=C(CC(C)(C)C)NC(CCC)C(=C)CC. The highest BCUT2D eigenvalue weighted by molar-refractivity contribution is 5.10. The first-order valence-electron chi connectivity index (χ1n) is 6.42. The Hall–Kier alpha value is -0.720. The first kappa shape index (κ1) is 15.3. The molecule has 1 heteroatoms. The Morgan fingerprint density at radius 1 is 1.19 bits per heavy atom. The molecular weight excluding hydrogens is 194 g/mol. The molecule has 0 aliphatic rings. The van der Waals surface area contributed by atoms with Gasteiger partial charge in [-0.05, 0) is 24.7 Å². The third-order valence-corrected chi connectivity index (χ3v) is 2.65. The van der Waals surface area contributed by atoms with Gasteiger partial charge in [-0.2, -0.15) is 0 Å². The van der Waals surface area contributed by atoms with Crippen molar-refractivity contribution in [2.75, 3.05) is 0 Å². The average Bonchev–Trinajstić information content (AvgIpc) is 2.13. The zero-order chi connectivity index (χ0) is 12.8. The summed E-state index contributed by atoms with van der Waals surface area (Å²) in [6.07, 6.45) is 4.39. The van der Waals surface area contributed by atoms with Crippen molar-refractivity contribution in [1.29, 1.82) is 0 Å². The number of nitrogens with one attached hydrogen (secondary N) is 1. The number of hydrogen-bond acceptors (Lipinski definition) is 1. The molecule has 0 amide bonds. The van der Waals surface area contributed by atoms with Crippen molar-refractivity contribution in [3.63, 3.8) is 0 Å². The molecule has 0 bridgehead atoms. The summed E-state index contributed by atoms with van der Waals surface area (Å²) in [6.45, 7) is 19.4. The van der Waals surface area contributed by atoms with E-state index >= 15 is 0 Å². The van der Waals surface area contributed by atoms with Crippen LogP contribution in [0.2, 0.25) is 0 Å². The van der Waals surface area contributed by atoms with Crippen LogP contribution < -0.4 is 5.32 Å². The van der Waals surface area contributed by atoms with E-state index in [0.717, 1.165) is 25.0 Å². The fourth-order valence-corrected chi connectivity index (χ4v) is 1.85. The van der Waals surface area contributed by atoms with Gasteiger partial charge >= 0.3 is 0 Å². The molecule has 0 radical (unpaired) electrons. The molecule has 0 saturated carbocycles. The third kappa shape index (κ3) is 6.71. The summed E-state index contributed by atoms with van der Waals surface area (Å²) < 4.78 is 0. The van der Waals surface area contributed by atoms with Crippen LogP contribution in [0.5, 0.6) is 0 Å². The van der Waals surface area contributed by atoms with Crippen LogP contribution in [-0.2, 0) is 0 Å². The Balaban J connectivity index is 4.29. The topological polar surface area (TPSA) is 12.0 Å². The number of allylic oxidation sites excluding steroid dienone is 1. The molecule has 1 N–H and O–H groups in total. The third-order valence-electron chi connectivity index (χ3n) is 2.65. The van der Waals surface area contributed by atoms with E-state index in [9.17, 15) is 0 Å². The van der Waals surface area contributed by atoms with Crippen LogP contribution in [-0.4, -0.2) is 6.04 Å². The Kier molecular flexibility index (Phi) is 6.47. The molecule has 0 saturated heterocycles. The van der Waals surface area contributed by atoms with Crippen LogP contribution in [0, 0.1) is 5.41 Å². The fraction of sp³-hybridized carbons (Fsp3) is 0.733. The van der Waals surface area contributed by atoms with Gasteiger partial charge in [0.2, 0.25) is 0 Å². The Morgan fingerprint density at radius 3 is 2.12 bits per heavy atom. The maximum atomic E-state index is 4.14. The molecule has 0 spiro atoms. The van der Waals surface area contributed by atoms with Gasteiger partial charge in [0, 0.05) is 11.7 Å². The Bertz CT molecular complexity index is 232. The molecular formula is C15H29N. The molecule has 1 unspecified atom stereocenters. The predicted molar refractivity (Wildman–Crippen MR) is 74.5 cm³/mol. The summed E-state index contributed by atoms with van der Waals surface area (Å²) in [5.41, 5.74) is 2.73. The monoisotopic (exact) mass is 223 g/mol. The highest BCUT2D eigenvalue weighted by Gasteiger charge is 2.15. The molecule has 0 aromatic heterocycles. The van der Waals surface area contributed by atoms with Crippen molar-refractivity contribution in [3.8, 4) is 0 Å². The maximum absolute atomic E-state index is 4.14. The van der Waals surface area contributed by atoms with Crippen LogP contribution in [0.4, 0.5) is 0 Å². The first-order chi connectivity index (χ1) is 7.30. The smallest absolute Gasteiger partial charge is 0.0467 e. The van der Waals surface area contributed by atoms with E-state index in [-0.39, 0.29) is 0 Å². The van der Waals surface area contributed by atoms with Crippen molar-refractivity contribution in [1.82, 2.24) is 5.32 Å². The van der Waals surface area contributed by atoms with Gasteiger partial charge in [-0.1, -0.05) is 59.8 Å². The molecule has 0 fully saturated rings. The van der Waals surface area contributed by atoms with Crippen LogP contribution in [0.3, 0.4) is 0 Å². The van der Waals surface area contributed by atoms with Crippen LogP contribution in [0.1, 0.15) is 60.3 Å². The minimum Gasteiger partial charge on any atom is -0.382 e. The van der Waals surface area contributed by atoms with Crippen LogP contribution in [0.15, 0.2) is 24.4 Å². The Labute approximate surface area is 102 Å². The van der Waals surface area contributed by atoms with Gasteiger partial charge in [0.05, 0.1) is 0 Å². The second kappa shape index (κ2) is 6.78. The van der Waals surface area contributed by atoms with Gasteiger partial charge in [0.15, 0.2) is 0 Å². The Morgan fingerprint density at radius 2 is 1.75 bits per heavy atom. The summed E-state index contributed by atoms with van der Waals surface area (Å²) in [5, 5.41) is 3.53. The molecule has 0 aliphatic carbocycles. The highest BCUT2D eigenvalue weighted by Crippen LogP contribution is 2.23. The second-order valence-electron chi connectivity index (χ2n) is 5.84. The molecule has 0 heterocycles. The van der Waals surface area contributed by atoms with Gasteiger partial charge in [-0.25, -0.2) is 0 Å². The lowest BCUT2D eigenvalue weighted by Crippen LogP contribution is -2.31. The summed E-state index contributed by atoms with van der Waals surface area (Å²) >= 11 is 0. The summed E-state index contributed by atoms with van der Waals surface area (Å²) in [4.78, 5) is 0. The van der Waals surface area contributed by atoms with E-state index in [2.05, 4.69) is 53.1 Å². The van der Waals surface area contributed by atoms with Crippen molar-refractivity contribution >= 4 is 0 Å². The number of rotatable bonds is 7. The fourth-order valence-electron chi connectivity index (χ4n) is 1.85. The molecule has 1 nitrogen and oxygen atoms in total. The van der Waals surface area contributed by atoms with Crippen molar-refractivity contribution in [3.05, 3.63) is 24.4 Å². The maximum Gasteiger partial charge on any atom is 0.0467 e. The van der Waals surface area contributed by atoms with Crippen LogP contribution in [0.25, 0.3) is 0 Å². The molecule has 0 aromatic carbocycles. The average molecular weight is 223 g/mol. The van der Waals surface area contributed by atoms with Crippen LogP contribution >= 0.6 is 0 Å². The summed E-state index contributed by atoms with van der Waals surface area (Å²) in [7, 11) is 0. The minimum atomic E-state index is 0.300. The van der Waals surface area contributed by atoms with Gasteiger partial charge in [0.1, 0.15) is 0 Å². The van der Waals surface area contributed by atoms with Crippen molar-refractivity contribution in [2.45, 2.75) is 66.3 Å². The largest absolute Gasteiger partial charge is 0.382 e. The molecule has 0 rings (SSSR count). The lowest BCUT2D eigenvalue weighted by atomic mass is 9.90. The number of hydrogen-bond donors (Lipinski definition) is 1. The highest BCUT2D eigenvalue weighted by atomic mass is 14.9. The van der Waals surface area contributed by atoms with E-state index in [0.29, 0.717) is 11.5 Å². The van der Waals surface area contributed by atoms with E-state index in [1.807, 2.05) is 0 Å². The summed E-state index contributed by atoms with van der Waals surface area (Å²) in [6, 6.07) is 0.407. The normalized spacial score (nSPS) is 13.3. The first-order valence-corrected chi connectivity index (χ1v) is 6.42. The van der Waals surface area contributed by atoms with E-state index < -0.39 is 0 Å². The standard InChI is InChI=1S/C15H29N/c1-8-10-14(12(3)9-2)16-13(4)11-15(5,6)7/h14,16H,3-4,8-11H2,1-2,5-7H3. The minimum absolute atomic E-state index is 0.300. The lowest BCUT2D eigenvalue weighted by Gasteiger charge is -2.26. The zero-order valence-corrected chi connectivity index (χ0v) is 11.8. The molecule has 0 aliphatic heterocycles. The van der Waals surface area contributed by atoms with E-state index in [1.54, 1.807) is 0 Å². The van der Waals surface area contributed by atoms with Crippen molar-refractivity contribution < 1.29 is 0 Å². The quantitative estimate of drug-likeness (QED) is 0.619. The van der Waals surface area contributed by atoms with E-state index in [4.69, 9.17) is 0 Å². The van der Waals surface area contributed by atoms with Gasteiger partial charge in [-0.15, -0.1) is 0 Å².